The van der Waals surface area contributed by atoms with E-state index in [1.165, 1.54) is 0 Å². The number of nitrogens with two attached hydrogens (primary N) is 1. The van der Waals surface area contributed by atoms with Gasteiger partial charge < -0.3 is 15.2 Å². The molecule has 0 saturated carbocycles. The van der Waals surface area contributed by atoms with Crippen molar-refractivity contribution in [2.75, 3.05) is 18.9 Å². The van der Waals surface area contributed by atoms with E-state index in [-0.39, 0.29) is 0 Å². The lowest BCUT2D eigenvalue weighted by molar-refractivity contribution is 0.247. The van der Waals surface area contributed by atoms with Crippen molar-refractivity contribution in [2.24, 2.45) is 0 Å². The maximum atomic E-state index is 5.94. The Labute approximate surface area is 124 Å². The van der Waals surface area contributed by atoms with Gasteiger partial charge in [0, 0.05) is 11.4 Å². The van der Waals surface area contributed by atoms with Crippen molar-refractivity contribution in [1.82, 2.24) is 0 Å². The fourth-order valence-electron chi connectivity index (χ4n) is 1.76. The molecule has 20 heavy (non-hydrogen) atoms. The van der Waals surface area contributed by atoms with Gasteiger partial charge in [0.05, 0.1) is 18.9 Å². The number of ether oxygens (including phenoxy) is 2. The first-order chi connectivity index (χ1) is 9.66. The van der Waals surface area contributed by atoms with Crippen LogP contribution in [0.1, 0.15) is 12.0 Å². The summed E-state index contributed by atoms with van der Waals surface area (Å²) in [7, 11) is 0. The van der Waals surface area contributed by atoms with Gasteiger partial charge in [-0.2, -0.15) is 0 Å². The van der Waals surface area contributed by atoms with Crippen LogP contribution in [0.3, 0.4) is 0 Å². The highest BCUT2D eigenvalue weighted by molar-refractivity contribution is 6.30. The molecule has 106 valence electrons. The molecule has 2 rings (SSSR count). The first kappa shape index (κ1) is 14.5. The van der Waals surface area contributed by atoms with Gasteiger partial charge in [-0.1, -0.05) is 29.8 Å². The third-order valence-electron chi connectivity index (χ3n) is 2.87. The topological polar surface area (TPSA) is 44.5 Å². The highest BCUT2D eigenvalue weighted by Gasteiger charge is 2.01. The molecule has 0 aliphatic carbocycles. The van der Waals surface area contributed by atoms with Crippen molar-refractivity contribution < 1.29 is 9.47 Å². The molecule has 0 aliphatic rings. The molecule has 0 saturated heterocycles. The van der Waals surface area contributed by atoms with Crippen molar-refractivity contribution in [3.05, 3.63) is 53.1 Å². The first-order valence-electron chi connectivity index (χ1n) is 6.53. The average molecular weight is 292 g/mol. The fraction of sp³-hybridized carbons (Fsp3) is 0.250. The van der Waals surface area contributed by atoms with Gasteiger partial charge in [0.25, 0.3) is 0 Å². The summed E-state index contributed by atoms with van der Waals surface area (Å²) < 4.78 is 11.3. The van der Waals surface area contributed by atoms with Gasteiger partial charge in [-0.3, -0.25) is 0 Å². The molecule has 2 aromatic carbocycles. The number of para-hydroxylation sites is 2. The van der Waals surface area contributed by atoms with Gasteiger partial charge in [-0.15, -0.1) is 0 Å². The van der Waals surface area contributed by atoms with Gasteiger partial charge in [-0.05, 0) is 36.8 Å². The van der Waals surface area contributed by atoms with Gasteiger partial charge in [0.15, 0.2) is 0 Å². The molecule has 0 fully saturated rings. The van der Waals surface area contributed by atoms with E-state index in [0.29, 0.717) is 29.7 Å². The quantitative estimate of drug-likeness (QED) is 0.644. The van der Waals surface area contributed by atoms with Crippen LogP contribution in [0.25, 0.3) is 0 Å². The maximum absolute atomic E-state index is 5.94. The predicted octanol–water partition coefficient (Wildman–Crippen LogP) is 4.08. The van der Waals surface area contributed by atoms with Crippen LogP contribution in [0.5, 0.6) is 11.5 Å². The van der Waals surface area contributed by atoms with Crippen molar-refractivity contribution in [2.45, 2.75) is 13.3 Å². The third kappa shape index (κ3) is 4.07. The molecule has 0 unspecified atom stereocenters. The highest BCUT2D eigenvalue weighted by Crippen LogP contribution is 2.23. The van der Waals surface area contributed by atoms with E-state index in [2.05, 4.69) is 0 Å². The zero-order chi connectivity index (χ0) is 14.4. The Hall–Kier alpha value is -1.87. The molecule has 0 spiro atoms. The standard InChI is InChI=1S/C16H18ClNO2/c1-12-7-8-13(17)11-16(12)20-10-4-9-19-15-6-3-2-5-14(15)18/h2-3,5-8,11H,4,9-10,18H2,1H3. The van der Waals surface area contributed by atoms with E-state index in [9.17, 15) is 0 Å². The monoisotopic (exact) mass is 291 g/mol. The molecule has 4 heteroatoms. The van der Waals surface area contributed by atoms with Gasteiger partial charge in [0.2, 0.25) is 0 Å². The molecular weight excluding hydrogens is 274 g/mol. The lowest BCUT2D eigenvalue weighted by Gasteiger charge is -2.11. The van der Waals surface area contributed by atoms with E-state index in [0.717, 1.165) is 17.7 Å². The molecule has 0 heterocycles. The normalized spacial score (nSPS) is 10.3. The predicted molar refractivity (Wildman–Crippen MR) is 82.7 cm³/mol. The molecule has 0 radical (unpaired) electrons. The molecule has 2 aromatic rings. The lowest BCUT2D eigenvalue weighted by Crippen LogP contribution is -2.06. The fourth-order valence-corrected chi connectivity index (χ4v) is 1.93. The van der Waals surface area contributed by atoms with Crippen molar-refractivity contribution in [1.29, 1.82) is 0 Å². The Morgan fingerprint density at radius 3 is 2.45 bits per heavy atom. The van der Waals surface area contributed by atoms with Crippen LogP contribution in [0.2, 0.25) is 5.02 Å². The zero-order valence-corrected chi connectivity index (χ0v) is 12.2. The van der Waals surface area contributed by atoms with E-state index in [4.69, 9.17) is 26.8 Å². The number of aryl methyl sites for hydroxylation is 1. The van der Waals surface area contributed by atoms with Crippen LogP contribution in [0.4, 0.5) is 5.69 Å². The molecule has 2 N–H and O–H groups in total. The first-order valence-corrected chi connectivity index (χ1v) is 6.91. The Morgan fingerprint density at radius 1 is 1.00 bits per heavy atom. The number of anilines is 1. The van der Waals surface area contributed by atoms with Crippen LogP contribution in [0, 0.1) is 6.92 Å². The number of rotatable bonds is 6. The van der Waals surface area contributed by atoms with Crippen molar-refractivity contribution in [3.63, 3.8) is 0 Å². The zero-order valence-electron chi connectivity index (χ0n) is 11.4. The van der Waals surface area contributed by atoms with Gasteiger partial charge in [0.1, 0.15) is 11.5 Å². The van der Waals surface area contributed by atoms with Gasteiger partial charge in [-0.25, -0.2) is 0 Å². The van der Waals surface area contributed by atoms with Gasteiger partial charge >= 0.3 is 0 Å². The second-order valence-electron chi connectivity index (χ2n) is 4.50. The summed E-state index contributed by atoms with van der Waals surface area (Å²) >= 11 is 5.94. The SMILES string of the molecule is Cc1ccc(Cl)cc1OCCCOc1ccccc1N. The molecule has 0 aromatic heterocycles. The third-order valence-corrected chi connectivity index (χ3v) is 3.11. The van der Waals surface area contributed by atoms with Crippen molar-refractivity contribution >= 4 is 17.3 Å². The molecule has 0 amide bonds. The van der Waals surface area contributed by atoms with Crippen molar-refractivity contribution in [3.8, 4) is 11.5 Å². The number of hydrogen-bond acceptors (Lipinski definition) is 3. The molecule has 0 bridgehead atoms. The number of nitrogen functional groups attached to an aromatic ring is 1. The minimum atomic E-state index is 0.563. The minimum absolute atomic E-state index is 0.563. The van der Waals surface area contributed by atoms with Crippen LogP contribution >= 0.6 is 11.6 Å². The Morgan fingerprint density at radius 2 is 1.70 bits per heavy atom. The number of hydrogen-bond donors (Lipinski definition) is 1. The summed E-state index contributed by atoms with van der Waals surface area (Å²) in [5.74, 6) is 1.53. The van der Waals surface area contributed by atoms with Crippen LogP contribution in [-0.2, 0) is 0 Å². The van der Waals surface area contributed by atoms with E-state index in [1.807, 2.05) is 49.4 Å². The lowest BCUT2D eigenvalue weighted by atomic mass is 10.2. The molecule has 0 aliphatic heterocycles. The van der Waals surface area contributed by atoms with Crippen LogP contribution in [-0.4, -0.2) is 13.2 Å². The summed E-state index contributed by atoms with van der Waals surface area (Å²) in [6, 6.07) is 13.1. The van der Waals surface area contributed by atoms with Crippen LogP contribution in [0.15, 0.2) is 42.5 Å². The second kappa shape index (κ2) is 7.06. The Balaban J connectivity index is 1.74. The summed E-state index contributed by atoms with van der Waals surface area (Å²) in [6.45, 7) is 3.13. The summed E-state index contributed by atoms with van der Waals surface area (Å²) in [5.41, 5.74) is 7.52. The number of halogens is 1. The Kier molecular flexibility index (Phi) is 5.13. The Bertz CT molecular complexity index is 572. The van der Waals surface area contributed by atoms with Crippen LogP contribution < -0.4 is 15.2 Å². The minimum Gasteiger partial charge on any atom is -0.493 e. The summed E-state index contributed by atoms with van der Waals surface area (Å²) in [5, 5.41) is 0.680. The molecule has 3 nitrogen and oxygen atoms in total. The average Bonchev–Trinajstić information content (AvgIpc) is 2.44. The molecule has 0 atom stereocenters. The van der Waals surface area contributed by atoms with E-state index >= 15 is 0 Å². The smallest absolute Gasteiger partial charge is 0.142 e. The largest absolute Gasteiger partial charge is 0.493 e. The number of benzene rings is 2. The highest BCUT2D eigenvalue weighted by atomic mass is 35.5. The van der Waals surface area contributed by atoms with E-state index < -0.39 is 0 Å². The molecular formula is C16H18ClNO2. The summed E-state index contributed by atoms with van der Waals surface area (Å²) in [6.07, 6.45) is 0.778. The maximum Gasteiger partial charge on any atom is 0.142 e. The van der Waals surface area contributed by atoms with E-state index in [1.54, 1.807) is 0 Å². The summed E-state index contributed by atoms with van der Waals surface area (Å²) in [4.78, 5) is 0. The second-order valence-corrected chi connectivity index (χ2v) is 4.93.